The topological polar surface area (TPSA) is 46.2 Å². The molecule has 3 nitrogen and oxygen atoms in total. The minimum Gasteiger partial charge on any atom is -0.313 e. The van der Waals surface area contributed by atoms with Crippen molar-refractivity contribution in [3.8, 4) is 0 Å². The lowest BCUT2D eigenvalue weighted by molar-refractivity contribution is 0.347. The molecule has 2 aliphatic carbocycles. The standard InChI is InChI=1S/C12H23NO2S/c1-10(12-5-6-12)13-7-8-16(14,15)9-11-3-2-4-11/h10-13H,2-9H2,1H3. The van der Waals surface area contributed by atoms with Crippen molar-refractivity contribution in [2.45, 2.75) is 45.1 Å². The molecule has 2 aliphatic rings. The molecule has 0 aromatic heterocycles. The maximum atomic E-state index is 11.8. The fourth-order valence-electron chi connectivity index (χ4n) is 2.31. The van der Waals surface area contributed by atoms with Gasteiger partial charge >= 0.3 is 0 Å². The zero-order chi connectivity index (χ0) is 11.6. The maximum Gasteiger partial charge on any atom is 0.151 e. The van der Waals surface area contributed by atoms with Crippen LogP contribution in [-0.2, 0) is 9.84 Å². The third-order valence-electron chi connectivity index (χ3n) is 3.92. The van der Waals surface area contributed by atoms with Gasteiger partial charge in [-0.1, -0.05) is 6.42 Å². The molecule has 1 unspecified atom stereocenters. The molecule has 2 fully saturated rings. The molecule has 2 saturated carbocycles. The van der Waals surface area contributed by atoms with Gasteiger partial charge < -0.3 is 5.32 Å². The van der Waals surface area contributed by atoms with Crippen LogP contribution < -0.4 is 5.32 Å². The van der Waals surface area contributed by atoms with Gasteiger partial charge in [0.1, 0.15) is 0 Å². The maximum absolute atomic E-state index is 11.8. The molecular weight excluding hydrogens is 222 g/mol. The van der Waals surface area contributed by atoms with E-state index in [4.69, 9.17) is 0 Å². The molecule has 0 saturated heterocycles. The van der Waals surface area contributed by atoms with Crippen molar-refractivity contribution in [3.63, 3.8) is 0 Å². The van der Waals surface area contributed by atoms with E-state index in [1.54, 1.807) is 0 Å². The van der Waals surface area contributed by atoms with Gasteiger partial charge in [-0.25, -0.2) is 8.42 Å². The van der Waals surface area contributed by atoms with Crippen LogP contribution in [0, 0.1) is 11.8 Å². The number of sulfone groups is 1. The Labute approximate surface area is 98.9 Å². The van der Waals surface area contributed by atoms with Crippen LogP contribution in [0.4, 0.5) is 0 Å². The Hall–Kier alpha value is -0.0900. The van der Waals surface area contributed by atoms with E-state index in [-0.39, 0.29) is 0 Å². The van der Waals surface area contributed by atoms with E-state index < -0.39 is 9.84 Å². The predicted octanol–water partition coefficient (Wildman–Crippen LogP) is 1.59. The summed E-state index contributed by atoms with van der Waals surface area (Å²) in [5, 5.41) is 3.33. The minimum absolute atomic E-state index is 0.320. The summed E-state index contributed by atoms with van der Waals surface area (Å²) in [6, 6.07) is 0.499. The molecule has 94 valence electrons. The summed E-state index contributed by atoms with van der Waals surface area (Å²) >= 11 is 0. The summed E-state index contributed by atoms with van der Waals surface area (Å²) in [6.45, 7) is 2.79. The van der Waals surface area contributed by atoms with Crippen molar-refractivity contribution in [3.05, 3.63) is 0 Å². The Morgan fingerprint density at radius 1 is 1.25 bits per heavy atom. The van der Waals surface area contributed by atoms with Crippen molar-refractivity contribution in [1.82, 2.24) is 5.32 Å². The van der Waals surface area contributed by atoms with Crippen LogP contribution in [0.3, 0.4) is 0 Å². The monoisotopic (exact) mass is 245 g/mol. The van der Waals surface area contributed by atoms with Crippen LogP contribution in [0.1, 0.15) is 39.0 Å². The molecule has 0 aromatic rings. The summed E-state index contributed by atoms with van der Waals surface area (Å²) < 4.78 is 23.5. The summed E-state index contributed by atoms with van der Waals surface area (Å²) in [4.78, 5) is 0. The van der Waals surface area contributed by atoms with Crippen molar-refractivity contribution in [2.24, 2.45) is 11.8 Å². The molecule has 0 aromatic carbocycles. The lowest BCUT2D eigenvalue weighted by atomic mass is 9.87. The lowest BCUT2D eigenvalue weighted by Gasteiger charge is -2.25. The van der Waals surface area contributed by atoms with Gasteiger partial charge in [-0.15, -0.1) is 0 Å². The van der Waals surface area contributed by atoms with Gasteiger partial charge in [-0.05, 0) is 44.4 Å². The first-order valence-corrected chi connectivity index (χ1v) is 8.33. The highest BCUT2D eigenvalue weighted by atomic mass is 32.2. The van der Waals surface area contributed by atoms with Crippen LogP contribution >= 0.6 is 0 Å². The first-order valence-electron chi connectivity index (χ1n) is 6.50. The van der Waals surface area contributed by atoms with Crippen molar-refractivity contribution in [1.29, 1.82) is 0 Å². The average molecular weight is 245 g/mol. The fourth-order valence-corrected chi connectivity index (χ4v) is 3.95. The molecule has 0 radical (unpaired) electrons. The zero-order valence-corrected chi connectivity index (χ0v) is 10.9. The molecule has 2 rings (SSSR count). The Bertz CT molecular complexity index is 318. The van der Waals surface area contributed by atoms with Crippen LogP contribution in [0.5, 0.6) is 0 Å². The summed E-state index contributed by atoms with van der Waals surface area (Å²) in [5.74, 6) is 2.01. The van der Waals surface area contributed by atoms with Crippen LogP contribution in [-0.4, -0.2) is 32.5 Å². The van der Waals surface area contributed by atoms with Gasteiger partial charge in [0.25, 0.3) is 0 Å². The normalized spacial score (nSPS) is 24.1. The second kappa shape index (κ2) is 5.05. The molecule has 0 amide bonds. The average Bonchev–Trinajstić information content (AvgIpc) is 2.94. The highest BCUT2D eigenvalue weighted by Crippen LogP contribution is 2.32. The van der Waals surface area contributed by atoms with E-state index in [0.717, 1.165) is 18.8 Å². The molecular formula is C12H23NO2S. The first kappa shape index (κ1) is 12.4. The van der Waals surface area contributed by atoms with E-state index in [0.29, 0.717) is 30.0 Å². The zero-order valence-electron chi connectivity index (χ0n) is 10.1. The van der Waals surface area contributed by atoms with Gasteiger partial charge in [0.2, 0.25) is 0 Å². The van der Waals surface area contributed by atoms with Crippen LogP contribution in [0.15, 0.2) is 0 Å². The van der Waals surface area contributed by atoms with Crippen LogP contribution in [0.2, 0.25) is 0 Å². The Morgan fingerprint density at radius 3 is 2.44 bits per heavy atom. The van der Waals surface area contributed by atoms with Crippen molar-refractivity contribution >= 4 is 9.84 Å². The highest BCUT2D eigenvalue weighted by molar-refractivity contribution is 7.91. The van der Waals surface area contributed by atoms with Gasteiger partial charge in [0, 0.05) is 12.6 Å². The second-order valence-electron chi connectivity index (χ2n) is 5.49. The SMILES string of the molecule is CC(NCCS(=O)(=O)CC1CCC1)C1CC1. The van der Waals surface area contributed by atoms with E-state index in [1.165, 1.54) is 19.3 Å². The Morgan fingerprint density at radius 2 is 1.94 bits per heavy atom. The molecule has 0 bridgehead atoms. The number of rotatable bonds is 7. The summed E-state index contributed by atoms with van der Waals surface area (Å²) in [6.07, 6.45) is 6.07. The van der Waals surface area contributed by atoms with Gasteiger partial charge in [-0.3, -0.25) is 0 Å². The molecule has 4 heteroatoms. The minimum atomic E-state index is -2.81. The first-order chi connectivity index (χ1) is 7.57. The molecule has 1 atom stereocenters. The smallest absolute Gasteiger partial charge is 0.151 e. The van der Waals surface area contributed by atoms with Gasteiger partial charge in [0.05, 0.1) is 11.5 Å². The lowest BCUT2D eigenvalue weighted by Crippen LogP contribution is -2.34. The van der Waals surface area contributed by atoms with E-state index in [9.17, 15) is 8.42 Å². The highest BCUT2D eigenvalue weighted by Gasteiger charge is 2.28. The second-order valence-corrected chi connectivity index (χ2v) is 7.72. The van der Waals surface area contributed by atoms with E-state index >= 15 is 0 Å². The quantitative estimate of drug-likeness (QED) is 0.741. The fraction of sp³-hybridized carbons (Fsp3) is 1.00. The van der Waals surface area contributed by atoms with Gasteiger partial charge in [0.15, 0.2) is 9.84 Å². The number of nitrogens with one attached hydrogen (secondary N) is 1. The van der Waals surface area contributed by atoms with E-state index in [1.807, 2.05) is 0 Å². The molecule has 16 heavy (non-hydrogen) atoms. The third kappa shape index (κ3) is 3.74. The van der Waals surface area contributed by atoms with Crippen molar-refractivity contribution in [2.75, 3.05) is 18.1 Å². The molecule has 0 aliphatic heterocycles. The van der Waals surface area contributed by atoms with Crippen molar-refractivity contribution < 1.29 is 8.42 Å². The largest absolute Gasteiger partial charge is 0.313 e. The third-order valence-corrected chi connectivity index (χ3v) is 5.73. The van der Waals surface area contributed by atoms with Gasteiger partial charge in [-0.2, -0.15) is 0 Å². The van der Waals surface area contributed by atoms with Crippen LogP contribution in [0.25, 0.3) is 0 Å². The molecule has 0 heterocycles. The summed E-state index contributed by atoms with van der Waals surface area (Å²) in [5.41, 5.74) is 0. The van der Waals surface area contributed by atoms with E-state index in [2.05, 4.69) is 12.2 Å². The number of hydrogen-bond donors (Lipinski definition) is 1. The Balaban J connectivity index is 1.63. The predicted molar refractivity (Wildman–Crippen MR) is 66.2 cm³/mol. The number of hydrogen-bond acceptors (Lipinski definition) is 3. The molecule has 1 N–H and O–H groups in total. The Kier molecular flexibility index (Phi) is 3.90. The molecule has 0 spiro atoms. The summed E-state index contributed by atoms with van der Waals surface area (Å²) in [7, 11) is -2.81.